The summed E-state index contributed by atoms with van der Waals surface area (Å²) in [4.78, 5) is 17.3. The molecule has 0 aliphatic carbocycles. The van der Waals surface area contributed by atoms with E-state index in [1.165, 1.54) is 0 Å². The maximum atomic E-state index is 11.1. The highest BCUT2D eigenvalue weighted by Gasteiger charge is 2.16. The molecule has 1 unspecified atom stereocenters. The molecule has 0 saturated carbocycles. The number of benzene rings is 1. The third-order valence-electron chi connectivity index (χ3n) is 2.79. The molecular weight excluding hydrogens is 240 g/mol. The van der Waals surface area contributed by atoms with Crippen LogP contribution in [-0.2, 0) is 4.79 Å². The van der Waals surface area contributed by atoms with E-state index in [0.717, 1.165) is 11.3 Å². The summed E-state index contributed by atoms with van der Waals surface area (Å²) < 4.78 is 0. The van der Waals surface area contributed by atoms with Crippen molar-refractivity contribution in [2.45, 2.75) is 26.3 Å². The highest BCUT2D eigenvalue weighted by molar-refractivity contribution is 5.83. The molecule has 0 heterocycles. The number of hydrogen-bond acceptors (Lipinski definition) is 3. The summed E-state index contributed by atoms with van der Waals surface area (Å²) in [5.41, 5.74) is 2.02. The number of rotatable bonds is 6. The number of anilines is 1. The Labute approximate surface area is 114 Å². The number of carbonyl (C=O) groups is 1. The summed E-state index contributed by atoms with van der Waals surface area (Å²) >= 11 is 0. The molecular formula is C15H22N2O2. The van der Waals surface area contributed by atoms with Crippen LogP contribution < -0.4 is 4.90 Å². The van der Waals surface area contributed by atoms with Gasteiger partial charge >= 0.3 is 5.97 Å². The molecule has 1 N–H and O–H groups in total. The van der Waals surface area contributed by atoms with Crippen LogP contribution in [0.5, 0.6) is 0 Å². The number of carboxylic acid groups (broad SMARTS) is 1. The first-order valence-electron chi connectivity index (χ1n) is 6.43. The van der Waals surface area contributed by atoms with E-state index in [1.54, 1.807) is 6.21 Å². The second kappa shape index (κ2) is 6.92. The topological polar surface area (TPSA) is 52.9 Å². The van der Waals surface area contributed by atoms with E-state index in [0.29, 0.717) is 12.3 Å². The smallest absolute Gasteiger partial charge is 0.328 e. The quantitative estimate of drug-likeness (QED) is 0.802. The molecule has 1 atom stereocenters. The summed E-state index contributed by atoms with van der Waals surface area (Å²) in [6.07, 6.45) is 2.20. The minimum Gasteiger partial charge on any atom is -0.480 e. The van der Waals surface area contributed by atoms with Crippen LogP contribution >= 0.6 is 0 Å². The molecule has 1 aromatic rings. The molecule has 4 heteroatoms. The summed E-state index contributed by atoms with van der Waals surface area (Å²) in [5.74, 6) is -0.552. The Balaban J connectivity index is 2.75. The van der Waals surface area contributed by atoms with E-state index in [9.17, 15) is 4.79 Å². The second-order valence-electron chi connectivity index (χ2n) is 5.25. The lowest BCUT2D eigenvalue weighted by atomic mass is 10.0. The van der Waals surface area contributed by atoms with Crippen molar-refractivity contribution < 1.29 is 9.90 Å². The van der Waals surface area contributed by atoms with Crippen molar-refractivity contribution in [3.05, 3.63) is 29.8 Å². The van der Waals surface area contributed by atoms with Gasteiger partial charge < -0.3 is 10.0 Å². The Bertz CT molecular complexity index is 436. The van der Waals surface area contributed by atoms with Crippen molar-refractivity contribution in [2.24, 2.45) is 10.9 Å². The van der Waals surface area contributed by atoms with Crippen LogP contribution in [0, 0.1) is 5.92 Å². The predicted molar refractivity (Wildman–Crippen MR) is 79.2 cm³/mol. The van der Waals surface area contributed by atoms with Gasteiger partial charge in [-0.15, -0.1) is 0 Å². The number of aliphatic carboxylic acids is 1. The lowest BCUT2D eigenvalue weighted by Gasteiger charge is -2.12. The molecule has 104 valence electrons. The average Bonchev–Trinajstić information content (AvgIpc) is 2.34. The first-order valence-corrected chi connectivity index (χ1v) is 6.43. The van der Waals surface area contributed by atoms with Gasteiger partial charge in [0.1, 0.15) is 6.04 Å². The highest BCUT2D eigenvalue weighted by Crippen LogP contribution is 2.12. The summed E-state index contributed by atoms with van der Waals surface area (Å²) in [6.45, 7) is 3.99. The van der Waals surface area contributed by atoms with Gasteiger partial charge in [-0.25, -0.2) is 4.79 Å². The third-order valence-corrected chi connectivity index (χ3v) is 2.79. The lowest BCUT2D eigenvalue weighted by Crippen LogP contribution is -2.20. The Morgan fingerprint density at radius 1 is 1.32 bits per heavy atom. The Morgan fingerprint density at radius 3 is 2.32 bits per heavy atom. The van der Waals surface area contributed by atoms with E-state index in [1.807, 2.05) is 57.1 Å². The summed E-state index contributed by atoms with van der Waals surface area (Å²) in [5, 5.41) is 9.10. The number of carboxylic acids is 1. The molecule has 0 aliphatic heterocycles. The van der Waals surface area contributed by atoms with Gasteiger partial charge in [-0.2, -0.15) is 0 Å². The molecule has 0 saturated heterocycles. The number of hydrogen-bond donors (Lipinski definition) is 1. The normalized spacial score (nSPS) is 12.9. The van der Waals surface area contributed by atoms with Crippen molar-refractivity contribution >= 4 is 17.9 Å². The molecule has 1 rings (SSSR count). The first kappa shape index (κ1) is 15.2. The van der Waals surface area contributed by atoms with Crippen LogP contribution in [0.1, 0.15) is 25.8 Å². The molecule has 1 aromatic carbocycles. The van der Waals surface area contributed by atoms with E-state index in [4.69, 9.17) is 5.11 Å². The number of nitrogens with zero attached hydrogens (tertiary/aromatic N) is 2. The van der Waals surface area contributed by atoms with E-state index < -0.39 is 12.0 Å². The summed E-state index contributed by atoms with van der Waals surface area (Å²) in [7, 11) is 3.96. The molecule has 0 aromatic heterocycles. The second-order valence-corrected chi connectivity index (χ2v) is 5.25. The molecule has 0 aliphatic rings. The molecule has 0 amide bonds. The molecule has 0 fully saturated rings. The average molecular weight is 262 g/mol. The van der Waals surface area contributed by atoms with Gasteiger partial charge in [-0.1, -0.05) is 26.0 Å². The van der Waals surface area contributed by atoms with Crippen LogP contribution in [0.2, 0.25) is 0 Å². The zero-order valence-electron chi connectivity index (χ0n) is 12.0. The molecule has 19 heavy (non-hydrogen) atoms. The molecule has 0 radical (unpaired) electrons. The van der Waals surface area contributed by atoms with E-state index >= 15 is 0 Å². The van der Waals surface area contributed by atoms with Gasteiger partial charge in [0, 0.05) is 26.0 Å². The maximum absolute atomic E-state index is 11.1. The lowest BCUT2D eigenvalue weighted by molar-refractivity contribution is -0.138. The minimum atomic E-state index is -0.866. The van der Waals surface area contributed by atoms with Crippen molar-refractivity contribution in [3.63, 3.8) is 0 Å². The largest absolute Gasteiger partial charge is 0.480 e. The predicted octanol–water partition coefficient (Wildman–Crippen LogP) is 2.67. The Kier molecular flexibility index (Phi) is 5.55. The fourth-order valence-corrected chi connectivity index (χ4v) is 1.71. The van der Waals surface area contributed by atoms with E-state index in [-0.39, 0.29) is 0 Å². The SMILES string of the molecule is CC(C)CC(N=Cc1ccc(N(C)C)cc1)C(=O)O. The van der Waals surface area contributed by atoms with Gasteiger partial charge in [0.05, 0.1) is 0 Å². The van der Waals surface area contributed by atoms with Crippen LogP contribution in [-0.4, -0.2) is 37.4 Å². The third kappa shape index (κ3) is 5.12. The fourth-order valence-electron chi connectivity index (χ4n) is 1.71. The summed E-state index contributed by atoms with van der Waals surface area (Å²) in [6, 6.07) is 7.19. The molecule has 0 bridgehead atoms. The Morgan fingerprint density at radius 2 is 1.89 bits per heavy atom. The van der Waals surface area contributed by atoms with Gasteiger partial charge in [0.25, 0.3) is 0 Å². The van der Waals surface area contributed by atoms with Gasteiger partial charge in [0.2, 0.25) is 0 Å². The molecule has 0 spiro atoms. The van der Waals surface area contributed by atoms with Gasteiger partial charge in [-0.3, -0.25) is 4.99 Å². The zero-order valence-corrected chi connectivity index (χ0v) is 12.0. The Hall–Kier alpha value is -1.84. The van der Waals surface area contributed by atoms with Crippen LogP contribution in [0.3, 0.4) is 0 Å². The van der Waals surface area contributed by atoms with Crippen molar-refractivity contribution in [1.29, 1.82) is 0 Å². The van der Waals surface area contributed by atoms with Crippen LogP contribution in [0.4, 0.5) is 5.69 Å². The zero-order chi connectivity index (χ0) is 14.4. The minimum absolute atomic E-state index is 0.314. The maximum Gasteiger partial charge on any atom is 0.328 e. The van der Waals surface area contributed by atoms with Crippen molar-refractivity contribution in [3.8, 4) is 0 Å². The van der Waals surface area contributed by atoms with Crippen LogP contribution in [0.25, 0.3) is 0 Å². The van der Waals surface area contributed by atoms with Crippen molar-refractivity contribution in [2.75, 3.05) is 19.0 Å². The van der Waals surface area contributed by atoms with Crippen molar-refractivity contribution in [1.82, 2.24) is 0 Å². The van der Waals surface area contributed by atoms with Gasteiger partial charge in [-0.05, 0) is 30.0 Å². The van der Waals surface area contributed by atoms with Gasteiger partial charge in [0.15, 0.2) is 0 Å². The number of aliphatic imine (C=N–C) groups is 1. The standard InChI is InChI=1S/C15H22N2O2/c1-11(2)9-14(15(18)19)16-10-12-5-7-13(8-6-12)17(3)4/h5-8,10-11,14H,9H2,1-4H3,(H,18,19). The van der Waals surface area contributed by atoms with E-state index in [2.05, 4.69) is 4.99 Å². The fraction of sp³-hybridized carbons (Fsp3) is 0.467. The highest BCUT2D eigenvalue weighted by atomic mass is 16.4. The first-order chi connectivity index (χ1) is 8.90. The molecule has 4 nitrogen and oxygen atoms in total. The van der Waals surface area contributed by atoms with Crippen LogP contribution in [0.15, 0.2) is 29.3 Å². The monoisotopic (exact) mass is 262 g/mol.